The molecule has 0 aromatic heterocycles. The normalized spacial score (nSPS) is 20.0. The van der Waals surface area contributed by atoms with Crippen LogP contribution in [0.25, 0.3) is 0 Å². The topological polar surface area (TPSA) is 72.3 Å². The van der Waals surface area contributed by atoms with Crippen LogP contribution in [0, 0.1) is 0 Å². The minimum absolute atomic E-state index is 0.357. The van der Waals surface area contributed by atoms with Gasteiger partial charge in [-0.05, 0) is 19.1 Å². The van der Waals surface area contributed by atoms with Crippen LogP contribution in [-0.2, 0) is 4.57 Å². The molecule has 0 amide bonds. The van der Waals surface area contributed by atoms with Crippen molar-refractivity contribution in [2.45, 2.75) is 18.9 Å². The maximum Gasteiger partial charge on any atom is 0.286 e. The van der Waals surface area contributed by atoms with Crippen molar-refractivity contribution in [2.24, 2.45) is 11.0 Å². The van der Waals surface area contributed by atoms with Gasteiger partial charge < -0.3 is 0 Å². The van der Waals surface area contributed by atoms with Crippen molar-refractivity contribution in [1.29, 1.82) is 0 Å². The molecule has 1 rings (SSSR count). The molecule has 60 valence electrons. The van der Waals surface area contributed by atoms with Crippen molar-refractivity contribution in [3.8, 4) is 0 Å². The monoisotopic (exact) mass is 181 g/mol. The summed E-state index contributed by atoms with van der Waals surface area (Å²) in [7, 11) is -2.97. The maximum absolute atomic E-state index is 11.1. The van der Waals surface area contributed by atoms with Gasteiger partial charge in [0.25, 0.3) is 7.59 Å². The van der Waals surface area contributed by atoms with Crippen LogP contribution >= 0.6 is 19.5 Å². The third-order valence-electron chi connectivity index (χ3n) is 1.35. The molecule has 1 saturated carbocycles. The van der Waals surface area contributed by atoms with Gasteiger partial charge in [0.1, 0.15) is 0 Å². The van der Waals surface area contributed by atoms with E-state index < -0.39 is 7.59 Å². The molecule has 0 atom stereocenters. The number of hydrogen-bond acceptors (Lipinski definition) is 2. The van der Waals surface area contributed by atoms with Crippen LogP contribution < -0.4 is 11.0 Å². The summed E-state index contributed by atoms with van der Waals surface area (Å²) in [6.07, 6.45) is 3.98. The molecule has 0 bridgehead atoms. The van der Waals surface area contributed by atoms with Crippen LogP contribution in [-0.4, -0.2) is 16.4 Å². The van der Waals surface area contributed by atoms with Gasteiger partial charge in [-0.2, -0.15) is 4.08 Å². The highest BCUT2D eigenvalue weighted by Gasteiger charge is 2.36. The average Bonchev–Trinajstić information content (AvgIpc) is 2.46. The Hall–Kier alpha value is 0.460. The highest BCUT2D eigenvalue weighted by molar-refractivity contribution is 8.01. The Morgan fingerprint density at radius 3 is 2.20 bits per heavy atom. The van der Waals surface area contributed by atoms with Crippen molar-refractivity contribution in [3.63, 3.8) is 0 Å². The van der Waals surface area contributed by atoms with Gasteiger partial charge in [0.15, 0.2) is 0 Å². The molecule has 6 heteroatoms. The summed E-state index contributed by atoms with van der Waals surface area (Å²) in [6, 6.07) is 0.357. The van der Waals surface area contributed by atoms with E-state index in [0.717, 1.165) is 12.8 Å². The number of nitrogens with two attached hydrogens (primary N) is 2. The Kier molecular flexibility index (Phi) is 2.42. The standard InChI is InChI=1S/C4H12N3OPS/c1-10-7(4-2-3-4)9(5,6)8/h4H,2-3H2,1H3,(H4,5,6,8). The zero-order valence-corrected chi connectivity index (χ0v) is 7.57. The minimum Gasteiger partial charge on any atom is -0.270 e. The fourth-order valence-electron chi connectivity index (χ4n) is 0.827. The van der Waals surface area contributed by atoms with Crippen LogP contribution in [0.5, 0.6) is 0 Å². The molecule has 1 aliphatic rings. The molecule has 0 saturated heterocycles. The lowest BCUT2D eigenvalue weighted by molar-refractivity contribution is 0.533. The van der Waals surface area contributed by atoms with Gasteiger partial charge in [0.2, 0.25) is 0 Å². The van der Waals surface area contributed by atoms with E-state index in [1.54, 1.807) is 4.08 Å². The average molecular weight is 181 g/mol. The summed E-state index contributed by atoms with van der Waals surface area (Å²) in [4.78, 5) is 0. The lowest BCUT2D eigenvalue weighted by Gasteiger charge is -2.21. The summed E-state index contributed by atoms with van der Waals surface area (Å²) in [5, 5.41) is 0. The first-order valence-corrected chi connectivity index (χ1v) is 6.04. The second-order valence-electron chi connectivity index (χ2n) is 2.39. The summed E-state index contributed by atoms with van der Waals surface area (Å²) in [5.74, 6) is 0. The van der Waals surface area contributed by atoms with E-state index in [1.165, 1.54) is 11.9 Å². The number of hydrogen-bond donors (Lipinski definition) is 2. The first-order valence-electron chi connectivity index (χ1n) is 3.06. The predicted octanol–water partition coefficient (Wildman–Crippen LogP) is 0.754. The number of rotatable bonds is 3. The van der Waals surface area contributed by atoms with E-state index in [0.29, 0.717) is 6.04 Å². The molecule has 0 heterocycles. The first-order chi connectivity index (χ1) is 4.55. The smallest absolute Gasteiger partial charge is 0.270 e. The SMILES string of the molecule is CSN(C1CC1)P(N)(N)=O. The van der Waals surface area contributed by atoms with E-state index in [1.807, 2.05) is 6.26 Å². The Morgan fingerprint density at radius 1 is 1.60 bits per heavy atom. The molecular weight excluding hydrogens is 169 g/mol. The Labute approximate surface area is 65.0 Å². The third-order valence-corrected chi connectivity index (χ3v) is 4.23. The van der Waals surface area contributed by atoms with Crippen LogP contribution in [0.3, 0.4) is 0 Å². The van der Waals surface area contributed by atoms with E-state index >= 15 is 0 Å². The van der Waals surface area contributed by atoms with E-state index in [4.69, 9.17) is 11.0 Å². The molecule has 4 N–H and O–H groups in total. The lowest BCUT2D eigenvalue weighted by Crippen LogP contribution is -2.24. The summed E-state index contributed by atoms with van der Waals surface area (Å²) in [5.41, 5.74) is 10.5. The quantitative estimate of drug-likeness (QED) is 0.496. The molecule has 0 aromatic carbocycles. The highest BCUT2D eigenvalue weighted by Crippen LogP contribution is 2.46. The Morgan fingerprint density at radius 2 is 2.10 bits per heavy atom. The van der Waals surface area contributed by atoms with Crippen LogP contribution in [0.1, 0.15) is 12.8 Å². The van der Waals surface area contributed by atoms with Gasteiger partial charge in [-0.1, -0.05) is 11.9 Å². The van der Waals surface area contributed by atoms with Crippen LogP contribution in [0.4, 0.5) is 0 Å². The third kappa shape index (κ3) is 1.97. The molecule has 0 unspecified atom stereocenters. The zero-order chi connectivity index (χ0) is 7.78. The number of nitrogens with zero attached hydrogens (tertiary/aromatic N) is 1. The Balaban J connectivity index is 2.55. The van der Waals surface area contributed by atoms with Crippen molar-refractivity contribution >= 4 is 19.5 Å². The van der Waals surface area contributed by atoms with Crippen LogP contribution in [0.2, 0.25) is 0 Å². The second-order valence-corrected chi connectivity index (χ2v) is 5.19. The molecular formula is C4H12N3OPS. The minimum atomic E-state index is -2.97. The van der Waals surface area contributed by atoms with Crippen molar-refractivity contribution in [2.75, 3.05) is 6.26 Å². The van der Waals surface area contributed by atoms with Crippen molar-refractivity contribution < 1.29 is 4.57 Å². The molecule has 0 aromatic rings. The fourth-order valence-corrected chi connectivity index (χ4v) is 3.10. The van der Waals surface area contributed by atoms with Gasteiger partial charge >= 0.3 is 0 Å². The van der Waals surface area contributed by atoms with Crippen LogP contribution in [0.15, 0.2) is 0 Å². The van der Waals surface area contributed by atoms with Gasteiger partial charge in [-0.15, -0.1) is 0 Å². The predicted molar refractivity (Wildman–Crippen MR) is 44.4 cm³/mol. The largest absolute Gasteiger partial charge is 0.286 e. The zero-order valence-electron chi connectivity index (χ0n) is 5.86. The van der Waals surface area contributed by atoms with E-state index in [2.05, 4.69) is 0 Å². The van der Waals surface area contributed by atoms with Gasteiger partial charge in [0.05, 0.1) is 0 Å². The van der Waals surface area contributed by atoms with Gasteiger partial charge in [0, 0.05) is 6.04 Å². The van der Waals surface area contributed by atoms with Gasteiger partial charge in [-0.25, -0.2) is 0 Å². The van der Waals surface area contributed by atoms with E-state index in [-0.39, 0.29) is 0 Å². The molecule has 0 aliphatic heterocycles. The first kappa shape index (κ1) is 8.56. The highest BCUT2D eigenvalue weighted by atomic mass is 32.2. The second kappa shape index (κ2) is 2.83. The maximum atomic E-state index is 11.1. The Bertz CT molecular complexity index is 166. The summed E-state index contributed by atoms with van der Waals surface area (Å²) >= 11 is 1.37. The molecule has 4 nitrogen and oxygen atoms in total. The summed E-state index contributed by atoms with van der Waals surface area (Å²) in [6.45, 7) is 0. The molecule has 1 fully saturated rings. The molecule has 10 heavy (non-hydrogen) atoms. The molecule has 1 aliphatic carbocycles. The van der Waals surface area contributed by atoms with Gasteiger partial charge in [-0.3, -0.25) is 15.6 Å². The van der Waals surface area contributed by atoms with Crippen molar-refractivity contribution in [3.05, 3.63) is 0 Å². The van der Waals surface area contributed by atoms with E-state index in [9.17, 15) is 4.57 Å². The lowest BCUT2D eigenvalue weighted by atomic mass is 10.8. The fraction of sp³-hybridized carbons (Fsp3) is 1.00. The molecule has 0 radical (unpaired) electrons. The molecule has 0 spiro atoms. The van der Waals surface area contributed by atoms with Crippen molar-refractivity contribution in [1.82, 2.24) is 4.08 Å². The summed E-state index contributed by atoms with van der Waals surface area (Å²) < 4.78 is 12.7.